The first-order chi connectivity index (χ1) is 14.1. The highest BCUT2D eigenvalue weighted by Gasteiger charge is 2.39. The lowest BCUT2D eigenvalue weighted by molar-refractivity contribution is -0.123. The zero-order chi connectivity index (χ0) is 22.4. The van der Waals surface area contributed by atoms with Crippen molar-refractivity contribution in [1.82, 2.24) is 16.0 Å². The van der Waals surface area contributed by atoms with Gasteiger partial charge < -0.3 is 20.1 Å². The third kappa shape index (κ3) is 7.60. The number of hydrogen-bond donors (Lipinski definition) is 3. The van der Waals surface area contributed by atoms with E-state index in [1.54, 1.807) is 13.2 Å². The fraction of sp³-hybridized carbons (Fsp3) is 0.478. The van der Waals surface area contributed by atoms with Crippen molar-refractivity contribution in [2.24, 2.45) is 0 Å². The fourth-order valence-corrected chi connectivity index (χ4v) is 3.57. The van der Waals surface area contributed by atoms with Gasteiger partial charge in [0, 0.05) is 29.7 Å². The summed E-state index contributed by atoms with van der Waals surface area (Å²) in [5.74, 6) is 0.663. The van der Waals surface area contributed by atoms with E-state index < -0.39 is 5.54 Å². The molecule has 1 heterocycles. The van der Waals surface area contributed by atoms with Gasteiger partial charge in [0.1, 0.15) is 0 Å². The van der Waals surface area contributed by atoms with E-state index >= 15 is 0 Å². The first kappa shape index (κ1) is 26.5. The molecule has 172 valence electrons. The molecular formula is C23H34ClN3O4. The lowest BCUT2D eigenvalue weighted by Gasteiger charge is -2.27. The van der Waals surface area contributed by atoms with Crippen LogP contribution in [0.5, 0.6) is 11.5 Å². The van der Waals surface area contributed by atoms with Gasteiger partial charge in [-0.3, -0.25) is 14.9 Å². The second kappa shape index (κ2) is 11.2. The Bertz CT molecular complexity index is 847. The molecule has 1 aliphatic rings. The number of hydrogen-bond acceptors (Lipinski definition) is 5. The molecule has 3 N–H and O–H groups in total. The number of nitrogens with one attached hydrogen (secondary N) is 3. The van der Waals surface area contributed by atoms with Crippen LogP contribution in [-0.2, 0) is 9.59 Å². The van der Waals surface area contributed by atoms with Crippen LogP contribution in [0.2, 0.25) is 0 Å². The summed E-state index contributed by atoms with van der Waals surface area (Å²) in [6.07, 6.45) is 5.83. The number of amides is 2. The van der Waals surface area contributed by atoms with Crippen LogP contribution in [0.4, 0.5) is 0 Å². The number of ether oxygens (including phenoxy) is 2. The van der Waals surface area contributed by atoms with Gasteiger partial charge in [-0.25, -0.2) is 0 Å². The van der Waals surface area contributed by atoms with Crippen LogP contribution >= 0.6 is 12.4 Å². The molecule has 0 unspecified atom stereocenters. The molecular weight excluding hydrogens is 418 g/mol. The van der Waals surface area contributed by atoms with E-state index in [2.05, 4.69) is 16.0 Å². The largest absolute Gasteiger partial charge is 0.493 e. The summed E-state index contributed by atoms with van der Waals surface area (Å²) in [7, 11) is 1.56. The van der Waals surface area contributed by atoms with Crippen LogP contribution in [-0.4, -0.2) is 49.7 Å². The third-order valence-corrected chi connectivity index (χ3v) is 4.70. The minimum atomic E-state index is -0.397. The van der Waals surface area contributed by atoms with Gasteiger partial charge in [0.25, 0.3) is 5.91 Å². The molecule has 8 heteroatoms. The maximum absolute atomic E-state index is 12.5. The van der Waals surface area contributed by atoms with E-state index in [-0.39, 0.29) is 36.4 Å². The zero-order valence-corrected chi connectivity index (χ0v) is 19.9. The summed E-state index contributed by atoms with van der Waals surface area (Å²) in [5.41, 5.74) is 1.07. The summed E-state index contributed by atoms with van der Waals surface area (Å²) in [6, 6.07) is 5.51. The van der Waals surface area contributed by atoms with Gasteiger partial charge in [-0.2, -0.15) is 0 Å². The van der Waals surface area contributed by atoms with Crippen molar-refractivity contribution < 1.29 is 19.1 Å². The monoisotopic (exact) mass is 451 g/mol. The van der Waals surface area contributed by atoms with Crippen LogP contribution in [0.15, 0.2) is 35.9 Å². The summed E-state index contributed by atoms with van der Waals surface area (Å²) in [6.45, 7) is 10.5. The average molecular weight is 452 g/mol. The van der Waals surface area contributed by atoms with Crippen LogP contribution in [0, 0.1) is 0 Å². The normalized spacial score (nSPS) is 16.3. The molecule has 0 saturated heterocycles. The van der Waals surface area contributed by atoms with E-state index in [0.717, 1.165) is 5.56 Å². The molecule has 0 fully saturated rings. The molecule has 1 aromatic carbocycles. The second-order valence-electron chi connectivity index (χ2n) is 8.33. The molecule has 0 aromatic heterocycles. The first-order valence-electron chi connectivity index (χ1n) is 10.1. The van der Waals surface area contributed by atoms with E-state index in [4.69, 9.17) is 9.47 Å². The minimum absolute atomic E-state index is 0. The number of allylic oxidation sites excluding steroid dienone is 1. The van der Waals surface area contributed by atoms with Gasteiger partial charge in [-0.1, -0.05) is 24.3 Å². The number of methoxy groups -OCH3 is 1. The van der Waals surface area contributed by atoms with Crippen LogP contribution < -0.4 is 25.4 Å². The van der Waals surface area contributed by atoms with Gasteiger partial charge in [0.15, 0.2) is 18.1 Å². The second-order valence-corrected chi connectivity index (χ2v) is 8.33. The van der Waals surface area contributed by atoms with Crippen molar-refractivity contribution in [2.75, 3.05) is 26.8 Å². The van der Waals surface area contributed by atoms with Crippen molar-refractivity contribution in [2.45, 2.75) is 45.7 Å². The Morgan fingerprint density at radius 3 is 2.35 bits per heavy atom. The molecule has 1 aromatic rings. The van der Waals surface area contributed by atoms with Crippen molar-refractivity contribution in [3.05, 3.63) is 41.5 Å². The maximum Gasteiger partial charge on any atom is 0.258 e. The number of benzene rings is 1. The van der Waals surface area contributed by atoms with E-state index in [9.17, 15) is 9.59 Å². The number of halogens is 1. The van der Waals surface area contributed by atoms with Crippen molar-refractivity contribution in [3.8, 4) is 11.5 Å². The number of carbonyl (C=O) groups excluding carboxylic acids is 2. The molecule has 0 bridgehead atoms. The third-order valence-electron chi connectivity index (χ3n) is 4.70. The molecule has 2 amide bonds. The summed E-state index contributed by atoms with van der Waals surface area (Å²) < 4.78 is 10.9. The Hall–Kier alpha value is -2.51. The van der Waals surface area contributed by atoms with Gasteiger partial charge >= 0.3 is 0 Å². The fourth-order valence-electron chi connectivity index (χ4n) is 3.57. The zero-order valence-electron chi connectivity index (χ0n) is 19.1. The lowest BCUT2D eigenvalue weighted by Crippen LogP contribution is -2.48. The van der Waals surface area contributed by atoms with Crippen molar-refractivity contribution in [3.63, 3.8) is 0 Å². The number of carbonyl (C=O) groups is 2. The maximum atomic E-state index is 12.5. The molecule has 31 heavy (non-hydrogen) atoms. The standard InChI is InChI=1S/C23H33N3O4.ClH/c1-7-8-16-9-10-18(19(13-16)29-6)30-15-20(27)24-11-12-25-21(28)17-14-22(2,3)26-23(17,4)5;/h7-10,13-14,26H,11-12,15H2,1-6H3,(H,24,27)(H,25,28);1H/b8-7+;. The lowest BCUT2D eigenvalue weighted by atomic mass is 9.96. The Morgan fingerprint density at radius 2 is 1.77 bits per heavy atom. The Labute approximate surface area is 191 Å². The van der Waals surface area contributed by atoms with Crippen LogP contribution in [0.1, 0.15) is 40.2 Å². The van der Waals surface area contributed by atoms with Gasteiger partial charge in [0.05, 0.1) is 7.11 Å². The highest BCUT2D eigenvalue weighted by atomic mass is 35.5. The molecule has 0 aliphatic carbocycles. The van der Waals surface area contributed by atoms with Gasteiger partial charge in [-0.05, 0) is 52.3 Å². The minimum Gasteiger partial charge on any atom is -0.493 e. The molecule has 0 saturated carbocycles. The van der Waals surface area contributed by atoms with Crippen molar-refractivity contribution >= 4 is 30.3 Å². The molecule has 0 spiro atoms. The summed E-state index contributed by atoms with van der Waals surface area (Å²) in [4.78, 5) is 24.5. The molecule has 0 atom stereocenters. The quantitative estimate of drug-likeness (QED) is 0.502. The van der Waals surface area contributed by atoms with Crippen molar-refractivity contribution in [1.29, 1.82) is 0 Å². The molecule has 7 nitrogen and oxygen atoms in total. The number of rotatable bonds is 9. The van der Waals surface area contributed by atoms with Gasteiger partial charge in [0.2, 0.25) is 5.91 Å². The van der Waals surface area contributed by atoms with E-state index in [1.165, 1.54) is 0 Å². The first-order valence-corrected chi connectivity index (χ1v) is 10.1. The Kier molecular flexibility index (Phi) is 9.59. The predicted octanol–water partition coefficient (Wildman–Crippen LogP) is 2.85. The summed E-state index contributed by atoms with van der Waals surface area (Å²) >= 11 is 0. The average Bonchev–Trinajstić information content (AvgIpc) is 2.91. The van der Waals surface area contributed by atoms with Crippen LogP contribution in [0.25, 0.3) is 6.08 Å². The van der Waals surface area contributed by atoms with Crippen LogP contribution in [0.3, 0.4) is 0 Å². The van der Waals surface area contributed by atoms with E-state index in [0.29, 0.717) is 30.2 Å². The van der Waals surface area contributed by atoms with Gasteiger partial charge in [-0.15, -0.1) is 12.4 Å². The molecule has 2 rings (SSSR count). The SMILES string of the molecule is C/C=C/c1ccc(OCC(=O)NCCNC(=O)C2=CC(C)(C)NC2(C)C)c(OC)c1.Cl. The Morgan fingerprint density at radius 1 is 1.10 bits per heavy atom. The Balaban J connectivity index is 0.00000480. The highest BCUT2D eigenvalue weighted by Crippen LogP contribution is 2.30. The predicted molar refractivity (Wildman–Crippen MR) is 126 cm³/mol. The molecule has 0 radical (unpaired) electrons. The topological polar surface area (TPSA) is 88.7 Å². The highest BCUT2D eigenvalue weighted by molar-refractivity contribution is 5.96. The smallest absolute Gasteiger partial charge is 0.258 e. The van der Waals surface area contributed by atoms with E-state index in [1.807, 2.05) is 65.0 Å². The molecule has 1 aliphatic heterocycles. The summed E-state index contributed by atoms with van der Waals surface area (Å²) in [5, 5.41) is 9.00.